The zero-order chi connectivity index (χ0) is 18.7. The number of rotatable bonds is 4. The second-order valence-corrected chi connectivity index (χ2v) is 6.01. The molecule has 1 saturated heterocycles. The van der Waals surface area contributed by atoms with Crippen molar-refractivity contribution in [1.29, 1.82) is 0 Å². The molecule has 8 heteroatoms. The van der Waals surface area contributed by atoms with E-state index in [4.69, 9.17) is 4.74 Å². The number of para-hydroxylation sites is 1. The molecule has 0 saturated carbocycles. The maximum Gasteiger partial charge on any atom is 0.417 e. The summed E-state index contributed by atoms with van der Waals surface area (Å²) in [5, 5.41) is 2.94. The van der Waals surface area contributed by atoms with E-state index in [2.05, 4.69) is 10.3 Å². The Balaban J connectivity index is 1.63. The average Bonchev–Trinajstić information content (AvgIpc) is 3.09. The van der Waals surface area contributed by atoms with E-state index in [0.29, 0.717) is 36.6 Å². The van der Waals surface area contributed by atoms with E-state index >= 15 is 0 Å². The van der Waals surface area contributed by atoms with Gasteiger partial charge in [-0.1, -0.05) is 12.1 Å². The van der Waals surface area contributed by atoms with E-state index in [1.54, 1.807) is 24.3 Å². The van der Waals surface area contributed by atoms with Crippen LogP contribution >= 0.6 is 0 Å². The number of alkyl halides is 3. The maximum atomic E-state index is 12.6. The molecular formula is C18H18F3N3O2. The van der Waals surface area contributed by atoms with Gasteiger partial charge in [0, 0.05) is 25.3 Å². The highest BCUT2D eigenvalue weighted by molar-refractivity contribution is 5.97. The summed E-state index contributed by atoms with van der Waals surface area (Å²) in [7, 11) is 1.50. The lowest BCUT2D eigenvalue weighted by Gasteiger charge is -2.19. The molecule has 0 bridgehead atoms. The number of benzene rings is 1. The lowest BCUT2D eigenvalue weighted by atomic mass is 10.1. The first-order chi connectivity index (χ1) is 12.4. The van der Waals surface area contributed by atoms with Crippen molar-refractivity contribution in [3.63, 3.8) is 0 Å². The van der Waals surface area contributed by atoms with Crippen molar-refractivity contribution < 1.29 is 22.7 Å². The van der Waals surface area contributed by atoms with Crippen LogP contribution in [0.2, 0.25) is 0 Å². The van der Waals surface area contributed by atoms with Gasteiger partial charge in [-0.2, -0.15) is 13.2 Å². The molecule has 3 rings (SSSR count). The third-order valence-corrected chi connectivity index (χ3v) is 4.27. The van der Waals surface area contributed by atoms with Gasteiger partial charge < -0.3 is 15.0 Å². The number of aromatic nitrogens is 1. The lowest BCUT2D eigenvalue weighted by Crippen LogP contribution is -2.37. The van der Waals surface area contributed by atoms with Gasteiger partial charge in [0.25, 0.3) is 5.91 Å². The molecule has 0 aliphatic carbocycles. The number of hydrogen-bond donors (Lipinski definition) is 1. The van der Waals surface area contributed by atoms with Gasteiger partial charge in [-0.3, -0.25) is 4.79 Å². The number of ether oxygens (including phenoxy) is 1. The van der Waals surface area contributed by atoms with Gasteiger partial charge in [0.1, 0.15) is 11.6 Å². The van der Waals surface area contributed by atoms with Crippen molar-refractivity contribution in [3.05, 3.63) is 53.7 Å². The SMILES string of the molecule is COc1ccccc1C(=O)NC1CCN(c2ccc(C(F)(F)F)cn2)C1. The first-order valence-electron chi connectivity index (χ1n) is 8.10. The molecule has 2 heterocycles. The van der Waals surface area contributed by atoms with E-state index < -0.39 is 11.7 Å². The third kappa shape index (κ3) is 3.89. The van der Waals surface area contributed by atoms with Crippen molar-refractivity contribution in [1.82, 2.24) is 10.3 Å². The molecule has 1 N–H and O–H groups in total. The first-order valence-corrected chi connectivity index (χ1v) is 8.10. The molecule has 5 nitrogen and oxygen atoms in total. The van der Waals surface area contributed by atoms with Crippen molar-refractivity contribution in [2.24, 2.45) is 0 Å². The number of amides is 1. The number of carbonyl (C=O) groups excluding carboxylic acids is 1. The summed E-state index contributed by atoms with van der Waals surface area (Å²) < 4.78 is 43.0. The number of nitrogens with zero attached hydrogens (tertiary/aromatic N) is 2. The quantitative estimate of drug-likeness (QED) is 0.905. The minimum absolute atomic E-state index is 0.114. The summed E-state index contributed by atoms with van der Waals surface area (Å²) in [4.78, 5) is 18.2. The first kappa shape index (κ1) is 18.0. The van der Waals surface area contributed by atoms with Crippen LogP contribution in [0.4, 0.5) is 19.0 Å². The second-order valence-electron chi connectivity index (χ2n) is 6.01. The van der Waals surface area contributed by atoms with E-state index in [1.807, 2.05) is 4.90 Å². The smallest absolute Gasteiger partial charge is 0.417 e. The molecule has 138 valence electrons. The minimum atomic E-state index is -4.40. The Morgan fingerprint density at radius 1 is 1.27 bits per heavy atom. The highest BCUT2D eigenvalue weighted by Gasteiger charge is 2.31. The van der Waals surface area contributed by atoms with Crippen LogP contribution in [0.1, 0.15) is 22.3 Å². The van der Waals surface area contributed by atoms with Crippen molar-refractivity contribution in [2.45, 2.75) is 18.6 Å². The Morgan fingerprint density at radius 2 is 2.04 bits per heavy atom. The zero-order valence-corrected chi connectivity index (χ0v) is 14.1. The molecule has 1 fully saturated rings. The summed E-state index contributed by atoms with van der Waals surface area (Å²) >= 11 is 0. The number of methoxy groups -OCH3 is 1. The number of carbonyl (C=O) groups is 1. The molecular weight excluding hydrogens is 347 g/mol. The molecule has 1 amide bonds. The van der Waals surface area contributed by atoms with Crippen LogP contribution in [0.3, 0.4) is 0 Å². The largest absolute Gasteiger partial charge is 0.496 e. The zero-order valence-electron chi connectivity index (χ0n) is 14.1. The van der Waals surface area contributed by atoms with Gasteiger partial charge in [-0.05, 0) is 30.7 Å². The van der Waals surface area contributed by atoms with Crippen LogP contribution in [-0.2, 0) is 6.18 Å². The normalized spacial score (nSPS) is 17.2. The van der Waals surface area contributed by atoms with Gasteiger partial charge in [0.2, 0.25) is 0 Å². The Hall–Kier alpha value is -2.77. The van der Waals surface area contributed by atoms with Crippen LogP contribution in [0.5, 0.6) is 5.75 Å². The molecule has 1 aromatic heterocycles. The van der Waals surface area contributed by atoms with Crippen LogP contribution < -0.4 is 15.0 Å². The highest BCUT2D eigenvalue weighted by atomic mass is 19.4. The monoisotopic (exact) mass is 365 g/mol. The number of pyridine rings is 1. The molecule has 1 atom stereocenters. The summed E-state index contributed by atoms with van der Waals surface area (Å²) in [6, 6.07) is 9.18. The van der Waals surface area contributed by atoms with Crippen LogP contribution in [-0.4, -0.2) is 37.1 Å². The summed E-state index contributed by atoms with van der Waals surface area (Å²) in [6.45, 7) is 1.09. The molecule has 26 heavy (non-hydrogen) atoms. The lowest BCUT2D eigenvalue weighted by molar-refractivity contribution is -0.137. The topological polar surface area (TPSA) is 54.5 Å². The fourth-order valence-corrected chi connectivity index (χ4v) is 2.92. The van der Waals surface area contributed by atoms with Crippen molar-refractivity contribution in [3.8, 4) is 5.75 Å². The Morgan fingerprint density at radius 3 is 2.69 bits per heavy atom. The maximum absolute atomic E-state index is 12.6. The summed E-state index contributed by atoms with van der Waals surface area (Å²) in [5.74, 6) is 0.714. The molecule has 0 spiro atoms. The molecule has 2 aromatic rings. The van der Waals surface area contributed by atoms with E-state index in [0.717, 1.165) is 12.3 Å². The van der Waals surface area contributed by atoms with Crippen LogP contribution in [0.15, 0.2) is 42.6 Å². The second kappa shape index (κ2) is 7.23. The van der Waals surface area contributed by atoms with Crippen molar-refractivity contribution >= 4 is 11.7 Å². The number of halogens is 3. The fraction of sp³-hybridized carbons (Fsp3) is 0.333. The Labute approximate surface area is 148 Å². The minimum Gasteiger partial charge on any atom is -0.496 e. The Bertz CT molecular complexity index is 778. The Kier molecular flexibility index (Phi) is 5.01. The molecule has 1 aliphatic rings. The van der Waals surface area contributed by atoms with E-state index in [9.17, 15) is 18.0 Å². The standard InChI is InChI=1S/C18H18F3N3O2/c1-26-15-5-3-2-4-14(15)17(25)23-13-8-9-24(11-13)16-7-6-12(10-22-16)18(19,20)21/h2-7,10,13H,8-9,11H2,1H3,(H,23,25). The number of hydrogen-bond acceptors (Lipinski definition) is 4. The van der Waals surface area contributed by atoms with Gasteiger partial charge in [0.15, 0.2) is 0 Å². The van der Waals surface area contributed by atoms with Gasteiger partial charge in [-0.15, -0.1) is 0 Å². The van der Waals surface area contributed by atoms with Gasteiger partial charge in [-0.25, -0.2) is 4.98 Å². The fourth-order valence-electron chi connectivity index (χ4n) is 2.92. The molecule has 1 unspecified atom stereocenters. The molecule has 1 aliphatic heterocycles. The van der Waals surface area contributed by atoms with E-state index in [-0.39, 0.29) is 11.9 Å². The highest BCUT2D eigenvalue weighted by Crippen LogP contribution is 2.30. The summed E-state index contributed by atoms with van der Waals surface area (Å²) in [5.41, 5.74) is -0.331. The summed E-state index contributed by atoms with van der Waals surface area (Å²) in [6.07, 6.45) is -2.89. The predicted molar refractivity (Wildman–Crippen MR) is 90.3 cm³/mol. The van der Waals surface area contributed by atoms with Crippen LogP contribution in [0, 0.1) is 0 Å². The molecule has 0 radical (unpaired) electrons. The number of nitrogens with one attached hydrogen (secondary N) is 1. The van der Waals surface area contributed by atoms with E-state index in [1.165, 1.54) is 13.2 Å². The average molecular weight is 365 g/mol. The molecule has 1 aromatic carbocycles. The van der Waals surface area contributed by atoms with Crippen LogP contribution in [0.25, 0.3) is 0 Å². The van der Waals surface area contributed by atoms with Gasteiger partial charge in [0.05, 0.1) is 18.2 Å². The number of anilines is 1. The predicted octanol–water partition coefficient (Wildman–Crippen LogP) is 3.12. The van der Waals surface area contributed by atoms with Crippen molar-refractivity contribution in [2.75, 3.05) is 25.1 Å². The third-order valence-electron chi connectivity index (χ3n) is 4.27. The van der Waals surface area contributed by atoms with Gasteiger partial charge >= 0.3 is 6.18 Å².